The molecule has 2 N–H and O–H groups in total. The number of rotatable bonds is 6. The second-order valence-electron chi connectivity index (χ2n) is 8.80. The maximum Gasteiger partial charge on any atom is 0.416 e. The Morgan fingerprint density at radius 1 is 1.03 bits per heavy atom. The molecule has 2 heterocycles. The summed E-state index contributed by atoms with van der Waals surface area (Å²) in [6.45, 7) is 2.93. The van der Waals surface area contributed by atoms with Crippen LogP contribution in [0.1, 0.15) is 44.7 Å². The molecular formula is C27H27F3N4O3. The Balaban J connectivity index is 1.36. The number of hydrogen-bond acceptors (Lipinski definition) is 5. The number of carbonyl (C=O) groups excluding carboxylic acids is 2. The van der Waals surface area contributed by atoms with Gasteiger partial charge in [0.25, 0.3) is 11.8 Å². The standard InChI is InChI=1S/C27H27F3N4O3/c1-17-6-8-21(33-25(35)18-4-3-5-20(14-18)27(28,29)30)15-23(17)37-22-10-12-34(13-11-22)26(36)19-7-9-24(31-2)32-16-19/h3-9,14-16,22H,10-13H2,1-2H3,(H,31,32)(H,33,35). The van der Waals surface area contributed by atoms with Gasteiger partial charge in [0.05, 0.1) is 11.1 Å². The van der Waals surface area contributed by atoms with Crippen LogP contribution >= 0.6 is 0 Å². The number of nitrogens with zero attached hydrogens (tertiary/aromatic N) is 2. The van der Waals surface area contributed by atoms with E-state index in [9.17, 15) is 22.8 Å². The van der Waals surface area contributed by atoms with Crippen LogP contribution < -0.4 is 15.4 Å². The van der Waals surface area contributed by atoms with Gasteiger partial charge in [-0.1, -0.05) is 12.1 Å². The predicted molar refractivity (Wildman–Crippen MR) is 134 cm³/mol. The topological polar surface area (TPSA) is 83.6 Å². The van der Waals surface area contributed by atoms with Crippen LogP contribution in [0.15, 0.2) is 60.8 Å². The quantitative estimate of drug-likeness (QED) is 0.463. The number of aryl methyl sites for hydroxylation is 1. The van der Waals surface area contributed by atoms with Crippen molar-refractivity contribution < 1.29 is 27.5 Å². The third kappa shape index (κ3) is 6.38. The van der Waals surface area contributed by atoms with Gasteiger partial charge in [0.15, 0.2) is 0 Å². The van der Waals surface area contributed by atoms with Crippen molar-refractivity contribution in [2.75, 3.05) is 30.8 Å². The largest absolute Gasteiger partial charge is 0.490 e. The number of likely N-dealkylation sites (tertiary alicyclic amines) is 1. The van der Waals surface area contributed by atoms with Crippen LogP contribution in [0.4, 0.5) is 24.7 Å². The number of pyridine rings is 1. The average Bonchev–Trinajstić information content (AvgIpc) is 2.90. The zero-order chi connectivity index (χ0) is 26.6. The van der Waals surface area contributed by atoms with Gasteiger partial charge in [0.2, 0.25) is 0 Å². The second kappa shape index (κ2) is 10.9. The Kier molecular flexibility index (Phi) is 7.66. The van der Waals surface area contributed by atoms with Gasteiger partial charge in [-0.05, 0) is 48.9 Å². The molecule has 2 aromatic carbocycles. The average molecular weight is 513 g/mol. The molecule has 1 saturated heterocycles. The number of ether oxygens (including phenoxy) is 1. The minimum Gasteiger partial charge on any atom is -0.490 e. The van der Waals surface area contributed by atoms with Crippen molar-refractivity contribution in [1.82, 2.24) is 9.88 Å². The Hall–Kier alpha value is -4.08. The molecule has 2 amide bonds. The SMILES string of the molecule is CNc1ccc(C(=O)N2CCC(Oc3cc(NC(=O)c4cccc(C(F)(F)F)c4)ccc3C)CC2)cn1. The molecule has 0 radical (unpaired) electrons. The molecule has 0 saturated carbocycles. The van der Waals surface area contributed by atoms with Crippen molar-refractivity contribution in [3.63, 3.8) is 0 Å². The molecule has 10 heteroatoms. The summed E-state index contributed by atoms with van der Waals surface area (Å²) in [6, 6.07) is 12.9. The molecule has 4 rings (SSSR count). The normalized spacial score (nSPS) is 14.2. The van der Waals surface area contributed by atoms with Crippen molar-refractivity contribution in [1.29, 1.82) is 0 Å². The van der Waals surface area contributed by atoms with Gasteiger partial charge >= 0.3 is 6.18 Å². The minimum absolute atomic E-state index is 0.0796. The van der Waals surface area contributed by atoms with Crippen molar-refractivity contribution >= 4 is 23.3 Å². The molecule has 1 aliphatic heterocycles. The highest BCUT2D eigenvalue weighted by Crippen LogP contribution is 2.30. The van der Waals surface area contributed by atoms with Gasteiger partial charge in [0, 0.05) is 56.5 Å². The lowest BCUT2D eigenvalue weighted by atomic mass is 10.1. The fourth-order valence-corrected chi connectivity index (χ4v) is 4.05. The summed E-state index contributed by atoms with van der Waals surface area (Å²) >= 11 is 0. The lowest BCUT2D eigenvalue weighted by molar-refractivity contribution is -0.137. The van der Waals surface area contributed by atoms with Crippen LogP contribution in [0.2, 0.25) is 0 Å². The molecule has 3 aromatic rings. The number of alkyl halides is 3. The number of piperidine rings is 1. The van der Waals surface area contributed by atoms with Gasteiger partial charge in [-0.25, -0.2) is 4.98 Å². The summed E-state index contributed by atoms with van der Waals surface area (Å²) < 4.78 is 45.1. The lowest BCUT2D eigenvalue weighted by Gasteiger charge is -2.32. The summed E-state index contributed by atoms with van der Waals surface area (Å²) in [5.41, 5.74) is 0.813. The van der Waals surface area contributed by atoms with Crippen molar-refractivity contribution in [3.8, 4) is 5.75 Å². The summed E-state index contributed by atoms with van der Waals surface area (Å²) in [7, 11) is 1.76. The minimum atomic E-state index is -4.53. The molecule has 37 heavy (non-hydrogen) atoms. The molecule has 1 fully saturated rings. The highest BCUT2D eigenvalue weighted by molar-refractivity contribution is 6.04. The third-order valence-corrected chi connectivity index (χ3v) is 6.19. The predicted octanol–water partition coefficient (Wildman–Crippen LogP) is 5.39. The van der Waals surface area contributed by atoms with E-state index < -0.39 is 17.6 Å². The molecule has 0 spiro atoms. The number of halogens is 3. The summed E-state index contributed by atoms with van der Waals surface area (Å²) in [6.07, 6.45) is -1.83. The Morgan fingerprint density at radius 2 is 1.78 bits per heavy atom. The first-order valence-electron chi connectivity index (χ1n) is 11.8. The molecule has 0 unspecified atom stereocenters. The summed E-state index contributed by atoms with van der Waals surface area (Å²) in [5.74, 6) is 0.528. The Bertz CT molecular complexity index is 1270. The fraction of sp³-hybridized carbons (Fsp3) is 0.296. The molecule has 0 aliphatic carbocycles. The third-order valence-electron chi connectivity index (χ3n) is 6.19. The number of amides is 2. The lowest BCUT2D eigenvalue weighted by Crippen LogP contribution is -2.41. The van der Waals surface area contributed by atoms with Crippen LogP contribution in [-0.2, 0) is 6.18 Å². The first-order chi connectivity index (χ1) is 17.6. The van der Waals surface area contributed by atoms with Crippen LogP contribution in [0, 0.1) is 6.92 Å². The first kappa shape index (κ1) is 26.0. The van der Waals surface area contributed by atoms with Crippen molar-refractivity contribution in [3.05, 3.63) is 83.0 Å². The van der Waals surface area contributed by atoms with E-state index in [0.29, 0.717) is 48.7 Å². The summed E-state index contributed by atoms with van der Waals surface area (Å²) in [5, 5.41) is 5.56. The molecular weight excluding hydrogens is 485 g/mol. The van der Waals surface area contributed by atoms with Crippen LogP contribution in [0.25, 0.3) is 0 Å². The number of hydrogen-bond donors (Lipinski definition) is 2. The van der Waals surface area contributed by atoms with Crippen molar-refractivity contribution in [2.24, 2.45) is 0 Å². The van der Waals surface area contributed by atoms with E-state index in [0.717, 1.165) is 17.7 Å². The van der Waals surface area contributed by atoms with E-state index in [1.54, 1.807) is 48.5 Å². The maximum atomic E-state index is 13.0. The highest BCUT2D eigenvalue weighted by Gasteiger charge is 2.31. The smallest absolute Gasteiger partial charge is 0.416 e. The van der Waals surface area contributed by atoms with E-state index in [2.05, 4.69) is 15.6 Å². The Morgan fingerprint density at radius 3 is 2.43 bits per heavy atom. The van der Waals surface area contributed by atoms with Crippen molar-refractivity contribution in [2.45, 2.75) is 32.0 Å². The van der Waals surface area contributed by atoms with Crippen LogP contribution in [0.3, 0.4) is 0 Å². The van der Waals surface area contributed by atoms with Gasteiger partial charge in [-0.2, -0.15) is 13.2 Å². The van der Waals surface area contributed by atoms with Gasteiger partial charge in [-0.15, -0.1) is 0 Å². The summed E-state index contributed by atoms with van der Waals surface area (Å²) in [4.78, 5) is 31.3. The van der Waals surface area contributed by atoms with Gasteiger partial charge in [0.1, 0.15) is 17.7 Å². The number of aromatic nitrogens is 1. The van der Waals surface area contributed by atoms with Gasteiger partial charge < -0.3 is 20.3 Å². The highest BCUT2D eigenvalue weighted by atomic mass is 19.4. The molecule has 0 atom stereocenters. The number of nitrogens with one attached hydrogen (secondary N) is 2. The molecule has 0 bridgehead atoms. The fourth-order valence-electron chi connectivity index (χ4n) is 4.05. The van der Waals surface area contributed by atoms with E-state index in [1.165, 1.54) is 12.1 Å². The second-order valence-corrected chi connectivity index (χ2v) is 8.80. The number of benzene rings is 2. The molecule has 1 aliphatic rings. The molecule has 1 aromatic heterocycles. The first-order valence-corrected chi connectivity index (χ1v) is 11.8. The zero-order valence-electron chi connectivity index (χ0n) is 20.4. The molecule has 7 nitrogen and oxygen atoms in total. The van der Waals surface area contributed by atoms with E-state index >= 15 is 0 Å². The molecule has 194 valence electrons. The zero-order valence-corrected chi connectivity index (χ0v) is 20.4. The maximum absolute atomic E-state index is 13.0. The monoisotopic (exact) mass is 512 g/mol. The van der Waals surface area contributed by atoms with Gasteiger partial charge in [-0.3, -0.25) is 9.59 Å². The van der Waals surface area contributed by atoms with E-state index in [4.69, 9.17) is 4.74 Å². The number of carbonyl (C=O) groups is 2. The number of anilines is 2. The van der Waals surface area contributed by atoms with Crippen LogP contribution in [-0.4, -0.2) is 47.9 Å². The Labute approximate surface area is 212 Å². The van der Waals surface area contributed by atoms with Crippen LogP contribution in [0.5, 0.6) is 5.75 Å². The van der Waals surface area contributed by atoms with E-state index in [-0.39, 0.29) is 17.6 Å². The van der Waals surface area contributed by atoms with E-state index in [1.807, 2.05) is 6.92 Å².